The predicted octanol–water partition coefficient (Wildman–Crippen LogP) is 2.99. The molecule has 1 atom stereocenters. The lowest BCUT2D eigenvalue weighted by Crippen LogP contribution is -2.11. The lowest BCUT2D eigenvalue weighted by molar-refractivity contribution is 0.199. The largest absolute Gasteiger partial charge is 0.384 e. The molecule has 0 heterocycles. The van der Waals surface area contributed by atoms with Gasteiger partial charge < -0.3 is 5.11 Å². The third-order valence-corrected chi connectivity index (χ3v) is 1.98. The molecule has 16 heavy (non-hydrogen) atoms. The maximum absolute atomic E-state index is 13.1. The summed E-state index contributed by atoms with van der Waals surface area (Å²) in [5, 5.41) is 9.26. The Bertz CT molecular complexity index is 426. The van der Waals surface area contributed by atoms with Gasteiger partial charge in [0.15, 0.2) is 23.3 Å². The number of hydrogen-bond donors (Lipinski definition) is 1. The Labute approximate surface area is 87.8 Å². The maximum Gasteiger partial charge on any atom is 0.200 e. The summed E-state index contributed by atoms with van der Waals surface area (Å²) in [4.78, 5) is 0. The first-order valence-corrected chi connectivity index (χ1v) is 4.13. The van der Waals surface area contributed by atoms with Crippen molar-refractivity contribution in [3.8, 4) is 0 Å². The van der Waals surface area contributed by atoms with E-state index in [1.165, 1.54) is 6.92 Å². The highest BCUT2D eigenvalue weighted by Gasteiger charge is 2.29. The van der Waals surface area contributed by atoms with E-state index in [1.54, 1.807) is 0 Å². The van der Waals surface area contributed by atoms with E-state index in [9.17, 15) is 27.1 Å². The smallest absolute Gasteiger partial charge is 0.200 e. The third kappa shape index (κ3) is 1.80. The van der Waals surface area contributed by atoms with Gasteiger partial charge in [-0.05, 0) is 12.5 Å². The van der Waals surface area contributed by atoms with Crippen molar-refractivity contribution in [1.82, 2.24) is 0 Å². The first kappa shape index (κ1) is 12.6. The second-order valence-electron chi connectivity index (χ2n) is 3.23. The van der Waals surface area contributed by atoms with Crippen molar-refractivity contribution in [1.29, 1.82) is 0 Å². The summed E-state index contributed by atoms with van der Waals surface area (Å²) < 4.78 is 64.3. The van der Waals surface area contributed by atoms with Crippen LogP contribution in [-0.4, -0.2) is 5.11 Å². The molecule has 0 aliphatic rings. The number of aliphatic hydroxyl groups excluding tert-OH is 1. The minimum atomic E-state index is -2.26. The topological polar surface area (TPSA) is 20.2 Å². The van der Waals surface area contributed by atoms with Gasteiger partial charge in [0.1, 0.15) is 6.10 Å². The second kappa shape index (κ2) is 4.21. The molecule has 1 unspecified atom stereocenters. The second-order valence-corrected chi connectivity index (χ2v) is 3.23. The zero-order chi connectivity index (χ0) is 12.6. The molecule has 0 spiro atoms. The molecule has 1 nitrogen and oxygen atoms in total. The molecule has 1 aromatic rings. The summed E-state index contributed by atoms with van der Waals surface area (Å²) >= 11 is 0. The fourth-order valence-corrected chi connectivity index (χ4v) is 1.11. The molecule has 0 aliphatic heterocycles. The molecule has 0 bridgehead atoms. The Balaban J connectivity index is 3.57. The highest BCUT2D eigenvalue weighted by Crippen LogP contribution is 2.30. The van der Waals surface area contributed by atoms with E-state index < -0.39 is 40.8 Å². The van der Waals surface area contributed by atoms with E-state index in [1.807, 2.05) is 0 Å². The molecule has 0 radical (unpaired) electrons. The van der Waals surface area contributed by atoms with Crippen molar-refractivity contribution < 1.29 is 27.1 Å². The standard InChI is InChI=1S/C10H7F5O/c1-3(2)10(16)4-5(11)7(13)9(15)8(14)6(4)12/h10,16H,1H2,2H3. The van der Waals surface area contributed by atoms with Gasteiger partial charge >= 0.3 is 0 Å². The van der Waals surface area contributed by atoms with Gasteiger partial charge in [0.05, 0.1) is 5.56 Å². The fraction of sp³-hybridized carbons (Fsp3) is 0.200. The van der Waals surface area contributed by atoms with Crippen LogP contribution >= 0.6 is 0 Å². The normalized spacial score (nSPS) is 12.7. The van der Waals surface area contributed by atoms with Crippen molar-refractivity contribution in [3.63, 3.8) is 0 Å². The Kier molecular flexibility index (Phi) is 3.32. The van der Waals surface area contributed by atoms with Crippen molar-refractivity contribution in [3.05, 3.63) is 46.8 Å². The Morgan fingerprint density at radius 1 is 0.938 bits per heavy atom. The van der Waals surface area contributed by atoms with Gasteiger partial charge in [0.2, 0.25) is 5.82 Å². The molecule has 0 amide bonds. The summed E-state index contributed by atoms with van der Waals surface area (Å²) in [6, 6.07) is 0. The molecule has 0 aromatic heterocycles. The zero-order valence-corrected chi connectivity index (χ0v) is 8.12. The average molecular weight is 238 g/mol. The molecule has 88 valence electrons. The Morgan fingerprint density at radius 2 is 1.25 bits per heavy atom. The van der Waals surface area contributed by atoms with Gasteiger partial charge in [-0.3, -0.25) is 0 Å². The number of halogens is 5. The Morgan fingerprint density at radius 3 is 1.56 bits per heavy atom. The van der Waals surface area contributed by atoms with E-state index in [2.05, 4.69) is 6.58 Å². The first-order valence-electron chi connectivity index (χ1n) is 4.13. The van der Waals surface area contributed by atoms with Gasteiger partial charge in [-0.1, -0.05) is 6.58 Å². The van der Waals surface area contributed by atoms with Crippen molar-refractivity contribution in [2.75, 3.05) is 0 Å². The van der Waals surface area contributed by atoms with Crippen LogP contribution in [0.1, 0.15) is 18.6 Å². The highest BCUT2D eigenvalue weighted by molar-refractivity contribution is 5.30. The van der Waals surface area contributed by atoms with Gasteiger partial charge in [-0.2, -0.15) is 0 Å². The number of aliphatic hydroxyl groups is 1. The van der Waals surface area contributed by atoms with E-state index in [0.717, 1.165) is 0 Å². The molecule has 6 heteroatoms. The van der Waals surface area contributed by atoms with Crippen LogP contribution in [0.15, 0.2) is 12.2 Å². The lowest BCUT2D eigenvalue weighted by Gasteiger charge is -2.14. The lowest BCUT2D eigenvalue weighted by atomic mass is 10.0. The van der Waals surface area contributed by atoms with E-state index in [0.29, 0.717) is 0 Å². The van der Waals surface area contributed by atoms with E-state index in [4.69, 9.17) is 0 Å². The summed E-state index contributed by atoms with van der Waals surface area (Å²) in [6.45, 7) is 4.37. The molecular weight excluding hydrogens is 231 g/mol. The van der Waals surface area contributed by atoms with E-state index >= 15 is 0 Å². The van der Waals surface area contributed by atoms with Crippen molar-refractivity contribution >= 4 is 0 Å². The quantitative estimate of drug-likeness (QED) is 0.363. The summed E-state index contributed by atoms with van der Waals surface area (Å²) in [6.07, 6.45) is -1.94. The predicted molar refractivity (Wildman–Crippen MR) is 46.0 cm³/mol. The molecule has 1 N–H and O–H groups in total. The first-order chi connectivity index (χ1) is 7.29. The fourth-order valence-electron chi connectivity index (χ4n) is 1.11. The van der Waals surface area contributed by atoms with Gasteiger partial charge in [0.25, 0.3) is 0 Å². The summed E-state index contributed by atoms with van der Waals surface area (Å²) in [5.74, 6) is -10.5. The molecule has 0 saturated heterocycles. The SMILES string of the molecule is C=C(C)C(O)c1c(F)c(F)c(F)c(F)c1F. The van der Waals surface area contributed by atoms with Crippen LogP contribution in [-0.2, 0) is 0 Å². The monoisotopic (exact) mass is 238 g/mol. The summed E-state index contributed by atoms with van der Waals surface area (Å²) in [7, 11) is 0. The minimum Gasteiger partial charge on any atom is -0.384 e. The van der Waals surface area contributed by atoms with E-state index in [-0.39, 0.29) is 5.57 Å². The van der Waals surface area contributed by atoms with Crippen LogP contribution in [0.25, 0.3) is 0 Å². The molecule has 0 saturated carbocycles. The Hall–Kier alpha value is -1.43. The van der Waals surface area contributed by atoms with Gasteiger partial charge in [-0.25, -0.2) is 22.0 Å². The molecule has 0 aliphatic carbocycles. The summed E-state index contributed by atoms with van der Waals surface area (Å²) in [5.41, 5.74) is -1.42. The highest BCUT2D eigenvalue weighted by atomic mass is 19.2. The molecule has 0 fully saturated rings. The van der Waals surface area contributed by atoms with Crippen LogP contribution in [0, 0.1) is 29.1 Å². The van der Waals surface area contributed by atoms with Crippen LogP contribution in [0.4, 0.5) is 22.0 Å². The minimum absolute atomic E-state index is 0.136. The van der Waals surface area contributed by atoms with Crippen LogP contribution in [0.5, 0.6) is 0 Å². The number of rotatable bonds is 2. The van der Waals surface area contributed by atoms with Crippen LogP contribution in [0.3, 0.4) is 0 Å². The van der Waals surface area contributed by atoms with Crippen molar-refractivity contribution in [2.45, 2.75) is 13.0 Å². The maximum atomic E-state index is 13.1. The molecular formula is C10H7F5O. The van der Waals surface area contributed by atoms with Crippen LogP contribution in [0.2, 0.25) is 0 Å². The average Bonchev–Trinajstić information content (AvgIpc) is 2.23. The number of benzene rings is 1. The zero-order valence-electron chi connectivity index (χ0n) is 8.12. The van der Waals surface area contributed by atoms with Gasteiger partial charge in [-0.15, -0.1) is 0 Å². The van der Waals surface area contributed by atoms with Crippen LogP contribution < -0.4 is 0 Å². The molecule has 1 rings (SSSR count). The molecule has 1 aromatic carbocycles. The number of hydrogen-bond acceptors (Lipinski definition) is 1. The third-order valence-electron chi connectivity index (χ3n) is 1.98. The van der Waals surface area contributed by atoms with Crippen molar-refractivity contribution in [2.24, 2.45) is 0 Å². The van der Waals surface area contributed by atoms with Gasteiger partial charge in [0, 0.05) is 0 Å².